The Labute approximate surface area is 441 Å². The number of aliphatic hydroxyl groups excluding tert-OH is 1. The summed E-state index contributed by atoms with van der Waals surface area (Å²) >= 11 is 0. The van der Waals surface area contributed by atoms with E-state index in [1.165, 1.54) is 0 Å². The van der Waals surface area contributed by atoms with Gasteiger partial charge in [-0.05, 0) is 45.1 Å². The van der Waals surface area contributed by atoms with Gasteiger partial charge in [-0.3, -0.25) is 81.5 Å². The van der Waals surface area contributed by atoms with Crippen LogP contribution in [0.4, 0.5) is 0 Å². The van der Waals surface area contributed by atoms with Crippen molar-refractivity contribution >= 4 is 101 Å². The molecule has 0 aromatic rings. The van der Waals surface area contributed by atoms with Gasteiger partial charge in [-0.25, -0.2) is 0 Å². The minimum absolute atomic E-state index is 0.000736. The van der Waals surface area contributed by atoms with Crippen molar-refractivity contribution in [1.29, 1.82) is 0 Å². The highest BCUT2D eigenvalue weighted by atomic mass is 16.4. The molecule has 9 atom stereocenters. The maximum Gasteiger partial charge on any atom is 0.305 e. The van der Waals surface area contributed by atoms with Gasteiger partial charge < -0.3 is 101 Å². The summed E-state index contributed by atoms with van der Waals surface area (Å²) in [6, 6.07) is -17.6. The number of carbonyl (C=O) groups is 17. The fraction of sp³-hybridized carbons (Fsp3) is 0.595. The molecule has 12 amide bonds. The number of nitrogens with two attached hydrogens (primary N) is 4. The Balaban J connectivity index is 6.93. The maximum atomic E-state index is 13.9. The summed E-state index contributed by atoms with van der Waals surface area (Å²) < 4.78 is 0. The highest BCUT2D eigenvalue weighted by Crippen LogP contribution is 2.10. The molecule has 0 aliphatic heterocycles. The highest BCUT2D eigenvalue weighted by molar-refractivity contribution is 6.01. The molecule has 0 aromatic carbocycles. The lowest BCUT2D eigenvalue weighted by atomic mass is 10.0. The van der Waals surface area contributed by atoms with E-state index in [-0.39, 0.29) is 19.4 Å². The number of carbonyl (C=O) groups excluding carboxylic acids is 12. The molecule has 0 heterocycles. The number of primary amides is 3. The molecule has 0 spiro atoms. The molecule has 36 nitrogen and oxygen atoms in total. The van der Waals surface area contributed by atoms with Gasteiger partial charge in [0.05, 0.1) is 32.3 Å². The normalized spacial score (nSPS) is 14.1. The van der Waals surface area contributed by atoms with Gasteiger partial charge in [0.2, 0.25) is 70.9 Å². The van der Waals surface area contributed by atoms with Gasteiger partial charge in [-0.1, -0.05) is 0 Å². The first-order valence-electron chi connectivity index (χ1n) is 23.3. The lowest BCUT2D eigenvalue weighted by molar-refractivity contribution is -0.143. The van der Waals surface area contributed by atoms with Crippen LogP contribution in [0.25, 0.3) is 0 Å². The molecule has 0 saturated carbocycles. The summed E-state index contributed by atoms with van der Waals surface area (Å²) in [7, 11) is 0. The predicted octanol–water partition coefficient (Wildman–Crippen LogP) is -9.73. The Morgan fingerprint density at radius 3 is 0.885 bits per heavy atom. The SMILES string of the molecule is CC(=O)N[C@H](CO)C(=O)N[C@H](CCC(=O)O)C(=O)N[C@H](CC(=O)O)C(=O)N[C@H](CC(N)=O)C(=O)N[C@H](CCCCN)C(=O)N[C@H](CC(=O)O)C(=O)N[C@H](CCC(=O)O)C(=O)N[C@H](CCC(=O)O)C(=O)N[C@H](CC(N)=O)C(N)=O. The Hall–Kier alpha value is -9.09. The zero-order chi connectivity index (χ0) is 60.0. The number of unbranched alkanes of at least 4 members (excludes halogenated alkanes) is 1. The molecule has 0 aliphatic rings. The van der Waals surface area contributed by atoms with E-state index >= 15 is 0 Å². The van der Waals surface area contributed by atoms with Crippen LogP contribution in [-0.2, 0) is 81.5 Å². The summed E-state index contributed by atoms with van der Waals surface area (Å²) in [4.78, 5) is 213. The smallest absolute Gasteiger partial charge is 0.305 e. The van der Waals surface area contributed by atoms with E-state index in [9.17, 15) is 112 Å². The van der Waals surface area contributed by atoms with Crippen LogP contribution in [-0.4, -0.2) is 199 Å². The Morgan fingerprint density at radius 1 is 0.346 bits per heavy atom. The first kappa shape index (κ1) is 68.9. The predicted molar refractivity (Wildman–Crippen MR) is 255 cm³/mol. The summed E-state index contributed by atoms with van der Waals surface area (Å²) in [6.45, 7) is -0.0317. The lowest BCUT2D eigenvalue weighted by Crippen LogP contribution is -2.61. The average molecular weight is 1120 g/mol. The van der Waals surface area contributed by atoms with Gasteiger partial charge in [0.15, 0.2) is 0 Å². The van der Waals surface area contributed by atoms with Crippen LogP contribution in [0, 0.1) is 0 Å². The van der Waals surface area contributed by atoms with Gasteiger partial charge in [0.1, 0.15) is 54.4 Å². The number of carboxylic acids is 5. The van der Waals surface area contributed by atoms with E-state index in [0.29, 0.717) is 0 Å². The molecule has 23 N–H and O–H groups in total. The third-order valence-electron chi connectivity index (χ3n) is 10.4. The zero-order valence-corrected chi connectivity index (χ0v) is 41.7. The third-order valence-corrected chi connectivity index (χ3v) is 10.4. The van der Waals surface area contributed by atoms with Gasteiger partial charge >= 0.3 is 29.8 Å². The number of rotatable bonds is 40. The van der Waals surface area contributed by atoms with Crippen LogP contribution in [0.5, 0.6) is 0 Å². The fourth-order valence-corrected chi connectivity index (χ4v) is 6.59. The molecule has 0 bridgehead atoms. The van der Waals surface area contributed by atoms with Crippen LogP contribution in [0.2, 0.25) is 0 Å². The molecule has 36 heteroatoms. The fourth-order valence-electron chi connectivity index (χ4n) is 6.59. The van der Waals surface area contributed by atoms with E-state index in [1.54, 1.807) is 0 Å². The quantitative estimate of drug-likeness (QED) is 0.0253. The third kappa shape index (κ3) is 28.5. The van der Waals surface area contributed by atoms with Crippen LogP contribution < -0.4 is 70.8 Å². The molecule has 0 radical (unpaired) electrons. The zero-order valence-electron chi connectivity index (χ0n) is 41.7. The van der Waals surface area contributed by atoms with E-state index in [2.05, 4.69) is 21.3 Å². The van der Waals surface area contributed by atoms with Crippen molar-refractivity contribution in [3.63, 3.8) is 0 Å². The minimum atomic E-state index is -2.20. The lowest BCUT2D eigenvalue weighted by Gasteiger charge is -2.27. The molecule has 0 fully saturated rings. The van der Waals surface area contributed by atoms with E-state index in [4.69, 9.17) is 22.9 Å². The van der Waals surface area contributed by atoms with Crippen molar-refractivity contribution in [2.45, 2.75) is 145 Å². The first-order chi connectivity index (χ1) is 36.3. The number of amides is 12. The van der Waals surface area contributed by atoms with Crippen LogP contribution in [0.15, 0.2) is 0 Å². The molecule has 0 saturated heterocycles. The molecular formula is C42H65N13O23. The summed E-state index contributed by atoms with van der Waals surface area (Å²) in [5.41, 5.74) is 21.1. The van der Waals surface area contributed by atoms with Crippen molar-refractivity contribution in [1.82, 2.24) is 47.9 Å². The number of hydrogen-bond acceptors (Lipinski definition) is 19. The number of hydrogen-bond donors (Lipinski definition) is 19. The first-order valence-corrected chi connectivity index (χ1v) is 23.3. The van der Waals surface area contributed by atoms with Crippen LogP contribution >= 0.6 is 0 Å². The summed E-state index contributed by atoms with van der Waals surface area (Å²) in [6.07, 6.45) is -9.54. The second-order valence-corrected chi connectivity index (χ2v) is 16.9. The number of nitrogens with one attached hydrogen (secondary N) is 9. The summed E-state index contributed by atoms with van der Waals surface area (Å²) in [5, 5.41) is 75.0. The van der Waals surface area contributed by atoms with Crippen molar-refractivity contribution in [3.8, 4) is 0 Å². The second kappa shape index (κ2) is 35.2. The molecule has 436 valence electrons. The Kier molecular flexibility index (Phi) is 31.1. The average Bonchev–Trinajstić information content (AvgIpc) is 3.32. The van der Waals surface area contributed by atoms with Gasteiger partial charge in [-0.15, -0.1) is 0 Å². The van der Waals surface area contributed by atoms with Crippen molar-refractivity contribution in [3.05, 3.63) is 0 Å². The molecule has 0 rings (SSSR count). The van der Waals surface area contributed by atoms with E-state index < -0.39 is 232 Å². The molecular weight excluding hydrogens is 1050 g/mol. The standard InChI is InChI=1S/C42H65N13O23/c1-17(57)47-26(16-56)42(78)51-21(7-10-31(64)65)38(74)55-25(15-33(68)69)41(77)53-23(13-28(45)59)39(75)48-18(4-2-3-11-43)35(71)54-24(14-32(66)67)40(76)50-19(5-8-29(60)61)36(72)49-20(6-9-30(62)63)37(73)52-22(34(46)70)12-27(44)58/h18-26,56H,2-16,43H2,1H3,(H2,44,58)(H2,45,59)(H2,46,70)(H,47,57)(H,48,75)(H,49,72)(H,50,76)(H,51,78)(H,52,73)(H,53,77)(H,54,71)(H,55,74)(H,60,61)(H,62,63)(H,64,65)(H,66,67)(H,68,69)/t18-,19-,20-,21-,22-,23-,24-,25-,26-/m1/s1. The van der Waals surface area contributed by atoms with Gasteiger partial charge in [-0.2, -0.15) is 0 Å². The monoisotopic (exact) mass is 1120 g/mol. The molecule has 0 aliphatic carbocycles. The largest absolute Gasteiger partial charge is 0.481 e. The topological polar surface area (TPSA) is 624 Å². The van der Waals surface area contributed by atoms with Gasteiger partial charge in [0, 0.05) is 26.2 Å². The Morgan fingerprint density at radius 2 is 0.615 bits per heavy atom. The van der Waals surface area contributed by atoms with Crippen molar-refractivity contribution in [2.75, 3.05) is 13.2 Å². The van der Waals surface area contributed by atoms with Crippen LogP contribution in [0.1, 0.15) is 90.4 Å². The molecule has 0 unspecified atom stereocenters. The van der Waals surface area contributed by atoms with Crippen LogP contribution in [0.3, 0.4) is 0 Å². The molecule has 78 heavy (non-hydrogen) atoms. The minimum Gasteiger partial charge on any atom is -0.481 e. The van der Waals surface area contributed by atoms with E-state index in [0.717, 1.165) is 6.92 Å². The molecule has 0 aromatic heterocycles. The van der Waals surface area contributed by atoms with Crippen molar-refractivity contribution in [2.24, 2.45) is 22.9 Å². The summed E-state index contributed by atoms with van der Waals surface area (Å²) in [5.74, 6) is -23.8. The number of aliphatic carboxylic acids is 5. The Bertz CT molecular complexity index is 2260. The number of aliphatic hydroxyl groups is 1. The highest BCUT2D eigenvalue weighted by Gasteiger charge is 2.37. The van der Waals surface area contributed by atoms with Crippen molar-refractivity contribution < 1.29 is 112 Å². The maximum absolute atomic E-state index is 13.9. The van der Waals surface area contributed by atoms with E-state index in [1.807, 2.05) is 26.6 Å². The van der Waals surface area contributed by atoms with Gasteiger partial charge in [0.25, 0.3) is 0 Å². The number of carboxylic acid groups (broad SMARTS) is 5. The second-order valence-electron chi connectivity index (χ2n) is 16.9.